The van der Waals surface area contributed by atoms with E-state index in [-0.39, 0.29) is 5.56 Å². The number of rotatable bonds is 4. The number of carbonyl (C=O) groups is 2. The molecule has 0 aromatic heterocycles. The Morgan fingerprint density at radius 1 is 1.21 bits per heavy atom. The first kappa shape index (κ1) is 14.9. The highest BCUT2D eigenvalue weighted by Crippen LogP contribution is 2.29. The van der Waals surface area contributed by atoms with Crippen LogP contribution in [0.5, 0.6) is 0 Å². The van der Waals surface area contributed by atoms with Gasteiger partial charge in [0.05, 0.1) is 5.56 Å². The summed E-state index contributed by atoms with van der Waals surface area (Å²) in [7, 11) is 0. The van der Waals surface area contributed by atoms with Gasteiger partial charge in [0.1, 0.15) is 6.67 Å². The molecule has 0 heterocycles. The monoisotopic (exact) mass is 279 g/mol. The SMILES string of the molecule is O=C(NC(CF)C(=O)O)c1ccc(C(F)(F)F)cc1. The van der Waals surface area contributed by atoms with Crippen molar-refractivity contribution in [3.05, 3.63) is 35.4 Å². The summed E-state index contributed by atoms with van der Waals surface area (Å²) in [5.41, 5.74) is -1.13. The van der Waals surface area contributed by atoms with Crippen molar-refractivity contribution in [1.82, 2.24) is 5.32 Å². The molecule has 0 bridgehead atoms. The van der Waals surface area contributed by atoms with E-state index in [1.165, 1.54) is 0 Å². The van der Waals surface area contributed by atoms with Crippen LogP contribution in [0.15, 0.2) is 24.3 Å². The molecule has 1 amide bonds. The third-order valence-electron chi connectivity index (χ3n) is 2.23. The quantitative estimate of drug-likeness (QED) is 0.827. The molecule has 8 heteroatoms. The number of aliphatic carboxylic acids is 1. The zero-order chi connectivity index (χ0) is 14.6. The number of carboxylic acids is 1. The molecule has 0 radical (unpaired) electrons. The van der Waals surface area contributed by atoms with Crippen molar-refractivity contribution < 1.29 is 32.3 Å². The smallest absolute Gasteiger partial charge is 0.416 e. The van der Waals surface area contributed by atoms with Crippen molar-refractivity contribution in [3.8, 4) is 0 Å². The zero-order valence-corrected chi connectivity index (χ0v) is 9.37. The molecule has 0 aliphatic carbocycles. The fourth-order valence-corrected chi connectivity index (χ4v) is 1.22. The summed E-state index contributed by atoms with van der Waals surface area (Å²) in [6.07, 6.45) is -4.53. The van der Waals surface area contributed by atoms with Gasteiger partial charge in [0.2, 0.25) is 0 Å². The largest absolute Gasteiger partial charge is 0.480 e. The molecule has 19 heavy (non-hydrogen) atoms. The van der Waals surface area contributed by atoms with Gasteiger partial charge in [-0.05, 0) is 24.3 Å². The van der Waals surface area contributed by atoms with Crippen LogP contribution in [0.4, 0.5) is 17.6 Å². The Balaban J connectivity index is 2.81. The summed E-state index contributed by atoms with van der Waals surface area (Å²) in [6.45, 7) is -1.32. The maximum Gasteiger partial charge on any atom is 0.416 e. The van der Waals surface area contributed by atoms with E-state index in [1.807, 2.05) is 5.32 Å². The average molecular weight is 279 g/mol. The lowest BCUT2D eigenvalue weighted by Gasteiger charge is -2.11. The fraction of sp³-hybridized carbons (Fsp3) is 0.273. The Morgan fingerprint density at radius 2 is 1.74 bits per heavy atom. The van der Waals surface area contributed by atoms with Crippen molar-refractivity contribution in [2.75, 3.05) is 6.67 Å². The maximum atomic E-state index is 12.3. The highest BCUT2D eigenvalue weighted by atomic mass is 19.4. The zero-order valence-electron chi connectivity index (χ0n) is 9.37. The fourth-order valence-electron chi connectivity index (χ4n) is 1.22. The molecular weight excluding hydrogens is 270 g/mol. The van der Waals surface area contributed by atoms with E-state index < -0.39 is 36.3 Å². The Kier molecular flexibility index (Phi) is 4.47. The van der Waals surface area contributed by atoms with Gasteiger partial charge in [-0.15, -0.1) is 0 Å². The van der Waals surface area contributed by atoms with Crippen molar-refractivity contribution in [2.45, 2.75) is 12.2 Å². The van der Waals surface area contributed by atoms with E-state index in [9.17, 15) is 27.2 Å². The van der Waals surface area contributed by atoms with Crippen LogP contribution in [0.3, 0.4) is 0 Å². The molecule has 4 nitrogen and oxygen atoms in total. The van der Waals surface area contributed by atoms with E-state index in [2.05, 4.69) is 0 Å². The first-order valence-corrected chi connectivity index (χ1v) is 5.02. The highest BCUT2D eigenvalue weighted by Gasteiger charge is 2.30. The summed E-state index contributed by atoms with van der Waals surface area (Å²) in [5.74, 6) is -2.53. The minimum Gasteiger partial charge on any atom is -0.480 e. The van der Waals surface area contributed by atoms with Crippen LogP contribution in [-0.4, -0.2) is 29.7 Å². The van der Waals surface area contributed by atoms with Gasteiger partial charge < -0.3 is 10.4 Å². The number of carbonyl (C=O) groups excluding carboxylic acids is 1. The molecule has 2 N–H and O–H groups in total. The minimum atomic E-state index is -4.53. The number of halogens is 4. The Bertz CT molecular complexity index is 470. The van der Waals surface area contributed by atoms with Crippen molar-refractivity contribution >= 4 is 11.9 Å². The second-order valence-corrected chi connectivity index (χ2v) is 3.59. The minimum absolute atomic E-state index is 0.187. The third-order valence-corrected chi connectivity index (χ3v) is 2.23. The lowest BCUT2D eigenvalue weighted by Crippen LogP contribution is -2.42. The van der Waals surface area contributed by atoms with Gasteiger partial charge in [-0.25, -0.2) is 9.18 Å². The molecule has 0 fully saturated rings. The van der Waals surface area contributed by atoms with Crippen LogP contribution in [0.1, 0.15) is 15.9 Å². The summed E-state index contributed by atoms with van der Waals surface area (Å²) >= 11 is 0. The molecule has 0 aliphatic rings. The molecule has 1 aromatic rings. The Labute approximate surface area is 105 Å². The van der Waals surface area contributed by atoms with Gasteiger partial charge in [-0.2, -0.15) is 13.2 Å². The second-order valence-electron chi connectivity index (χ2n) is 3.59. The Morgan fingerprint density at radius 3 is 2.11 bits per heavy atom. The number of nitrogens with one attached hydrogen (secondary N) is 1. The number of amides is 1. The topological polar surface area (TPSA) is 66.4 Å². The standard InChI is InChI=1S/C11H9F4NO3/c12-5-8(10(18)19)16-9(17)6-1-3-7(4-2-6)11(13,14)15/h1-4,8H,5H2,(H,16,17)(H,18,19). The van der Waals surface area contributed by atoms with E-state index in [1.54, 1.807) is 0 Å². The first-order valence-electron chi connectivity index (χ1n) is 5.02. The summed E-state index contributed by atoms with van der Waals surface area (Å²) in [5, 5.41) is 10.4. The lowest BCUT2D eigenvalue weighted by atomic mass is 10.1. The number of benzene rings is 1. The number of hydrogen-bond donors (Lipinski definition) is 2. The molecule has 1 aromatic carbocycles. The van der Waals surface area contributed by atoms with Crippen LogP contribution >= 0.6 is 0 Å². The third kappa shape index (κ3) is 3.94. The van der Waals surface area contributed by atoms with E-state index >= 15 is 0 Å². The van der Waals surface area contributed by atoms with Gasteiger partial charge in [0.15, 0.2) is 6.04 Å². The maximum absolute atomic E-state index is 12.3. The van der Waals surface area contributed by atoms with Gasteiger partial charge >= 0.3 is 12.1 Å². The van der Waals surface area contributed by atoms with Crippen LogP contribution < -0.4 is 5.32 Å². The molecule has 0 spiro atoms. The molecule has 1 rings (SSSR count). The number of alkyl halides is 4. The molecule has 0 saturated heterocycles. The molecule has 1 unspecified atom stereocenters. The van der Waals surface area contributed by atoms with Gasteiger partial charge in [0.25, 0.3) is 5.91 Å². The van der Waals surface area contributed by atoms with E-state index in [0.717, 1.165) is 12.1 Å². The van der Waals surface area contributed by atoms with Crippen molar-refractivity contribution in [3.63, 3.8) is 0 Å². The summed E-state index contributed by atoms with van der Waals surface area (Å²) < 4.78 is 49.1. The Hall–Kier alpha value is -2.12. The number of carboxylic acid groups (broad SMARTS) is 1. The molecule has 1 atom stereocenters. The van der Waals surface area contributed by atoms with Crippen LogP contribution in [0.25, 0.3) is 0 Å². The van der Waals surface area contributed by atoms with Gasteiger partial charge in [-0.1, -0.05) is 0 Å². The average Bonchev–Trinajstić information content (AvgIpc) is 2.34. The van der Waals surface area contributed by atoms with Crippen molar-refractivity contribution in [1.29, 1.82) is 0 Å². The number of hydrogen-bond acceptors (Lipinski definition) is 2. The lowest BCUT2D eigenvalue weighted by molar-refractivity contribution is -0.139. The first-order chi connectivity index (χ1) is 8.75. The summed E-state index contributed by atoms with van der Waals surface area (Å²) in [4.78, 5) is 21.9. The van der Waals surface area contributed by atoms with Crippen LogP contribution in [-0.2, 0) is 11.0 Å². The molecule has 0 aliphatic heterocycles. The van der Waals surface area contributed by atoms with Gasteiger partial charge in [0, 0.05) is 5.56 Å². The van der Waals surface area contributed by atoms with Crippen LogP contribution in [0.2, 0.25) is 0 Å². The normalized spacial score (nSPS) is 12.8. The highest BCUT2D eigenvalue weighted by molar-refractivity contribution is 5.96. The van der Waals surface area contributed by atoms with E-state index in [4.69, 9.17) is 5.11 Å². The molecule has 0 saturated carbocycles. The summed E-state index contributed by atoms with van der Waals surface area (Å²) in [6, 6.07) is 1.40. The molecule has 104 valence electrons. The predicted molar refractivity (Wildman–Crippen MR) is 56.3 cm³/mol. The van der Waals surface area contributed by atoms with Gasteiger partial charge in [-0.3, -0.25) is 4.79 Å². The predicted octanol–water partition coefficient (Wildman–Crippen LogP) is 1.86. The molecular formula is C11H9F4NO3. The van der Waals surface area contributed by atoms with Crippen LogP contribution in [0, 0.1) is 0 Å². The van der Waals surface area contributed by atoms with E-state index in [0.29, 0.717) is 12.1 Å². The second kappa shape index (κ2) is 5.68. The van der Waals surface area contributed by atoms with Crippen molar-refractivity contribution in [2.24, 2.45) is 0 Å².